The molecule has 0 atom stereocenters. The van der Waals surface area contributed by atoms with Gasteiger partial charge in [0.2, 0.25) is 0 Å². The Labute approximate surface area is 600 Å². The Bertz CT molecular complexity index is 3520. The fourth-order valence-corrected chi connectivity index (χ4v) is 12.5. The van der Waals surface area contributed by atoms with Crippen LogP contribution in [0.3, 0.4) is 0 Å². The molecule has 1 aliphatic carbocycles. The van der Waals surface area contributed by atoms with Crippen molar-refractivity contribution in [3.05, 3.63) is 245 Å². The highest BCUT2D eigenvalue weighted by atomic mass is 16.5. The second-order valence-corrected chi connectivity index (χ2v) is 29.1. The number of carbonyl (C=O) groups is 2. The molecular weight excluding hydrogens is 1190 g/mol. The fraction of sp³-hybridized carbons (Fsp3) is 0.489. The van der Waals surface area contributed by atoms with Crippen molar-refractivity contribution in [3.63, 3.8) is 0 Å². The van der Waals surface area contributed by atoms with Crippen molar-refractivity contribution in [3.8, 4) is 11.5 Å². The molecule has 0 saturated heterocycles. The minimum absolute atomic E-state index is 0.00832. The molecule has 3 aromatic carbocycles. The van der Waals surface area contributed by atoms with Crippen LogP contribution in [-0.2, 0) is 6.42 Å². The Kier molecular flexibility index (Phi) is 42.3. The van der Waals surface area contributed by atoms with Crippen LogP contribution in [0.4, 0.5) is 0 Å². The van der Waals surface area contributed by atoms with Crippen LogP contribution in [0, 0.1) is 6.92 Å². The first-order chi connectivity index (χ1) is 46.8. The van der Waals surface area contributed by atoms with E-state index in [-0.39, 0.29) is 11.6 Å². The third-order valence-electron chi connectivity index (χ3n) is 19.2. The van der Waals surface area contributed by atoms with E-state index in [0.717, 1.165) is 150 Å². The molecule has 0 saturated carbocycles. The topological polar surface area (TPSA) is 52.6 Å². The molecule has 0 aromatic heterocycles. The van der Waals surface area contributed by atoms with E-state index < -0.39 is 0 Å². The smallest absolute Gasteiger partial charge is 0.190 e. The van der Waals surface area contributed by atoms with Crippen molar-refractivity contribution in [1.82, 2.24) is 0 Å². The van der Waals surface area contributed by atoms with Crippen LogP contribution >= 0.6 is 0 Å². The van der Waals surface area contributed by atoms with Gasteiger partial charge in [0.25, 0.3) is 0 Å². The average Bonchev–Trinajstić information content (AvgIpc) is 0.784. The largest absolute Gasteiger partial charge is 0.496 e. The van der Waals surface area contributed by atoms with Gasteiger partial charge in [-0.15, -0.1) is 0 Å². The third-order valence-corrected chi connectivity index (χ3v) is 19.2. The maximum Gasteiger partial charge on any atom is 0.190 e. The minimum atomic E-state index is -0.0228. The van der Waals surface area contributed by atoms with Crippen LogP contribution < -0.4 is 9.47 Å². The number of allylic oxidation sites excluding steroid dienone is 30. The molecule has 1 aliphatic rings. The summed E-state index contributed by atoms with van der Waals surface area (Å²) < 4.78 is 11.7. The summed E-state index contributed by atoms with van der Waals surface area (Å²) in [5, 5.41) is 2.21. The van der Waals surface area contributed by atoms with Gasteiger partial charge in [0.1, 0.15) is 11.5 Å². The highest BCUT2D eigenvalue weighted by Gasteiger charge is 2.28. The molecule has 0 bridgehead atoms. The number of methoxy groups -OCH3 is 2. The standard InChI is InChI=1S/C48H70O2.C46H64O2/c1-36(2)20-14-21-37(3)22-15-23-38(4)24-16-25-39(5)26-17-27-40(6)28-18-29-41(7)30-19-31-42(8)34-35-44-43(9)47(49-10)45-32-12-13-33-46(45)48(44)50-11;1-34(2)18-12-19-35(3)20-13-21-36(4)22-14-23-37(5)24-15-25-38(6)26-16-27-39(7)28-17-29-40(8)32-33-42-41(9)45(47)43-30-10-11-31-44(43)46(42)48/h12-13,20,22,24,26,28,30,32-34H,14-19,21,23,25,27,29,31,35H2,1-11H3;10-11,18,20,22,24,26,28,30-32H,12-17,19,21,23,25,27,29,33H2,1-9H3/b37-22+,38-24+,39-26+,40-28+,41-30+,42-34+;35-20+,36-22+,37-24+,38-26+,39-28+,40-32+. The van der Waals surface area contributed by atoms with Gasteiger partial charge in [-0.25, -0.2) is 0 Å². The van der Waals surface area contributed by atoms with E-state index in [1.54, 1.807) is 33.3 Å². The molecule has 3 aromatic rings. The first-order valence-corrected chi connectivity index (χ1v) is 37.5. The van der Waals surface area contributed by atoms with E-state index in [2.05, 4.69) is 227 Å². The summed E-state index contributed by atoms with van der Waals surface area (Å²) in [5.41, 5.74) is 25.2. The van der Waals surface area contributed by atoms with Crippen LogP contribution in [-0.4, -0.2) is 25.8 Å². The number of benzene rings is 3. The van der Waals surface area contributed by atoms with Crippen LogP contribution in [0.15, 0.2) is 223 Å². The zero-order valence-corrected chi connectivity index (χ0v) is 65.7. The number of hydrogen-bond acceptors (Lipinski definition) is 4. The van der Waals surface area contributed by atoms with Gasteiger partial charge in [-0.2, -0.15) is 0 Å². The first kappa shape index (κ1) is 85.2. The van der Waals surface area contributed by atoms with E-state index in [0.29, 0.717) is 28.7 Å². The van der Waals surface area contributed by atoms with E-state index in [9.17, 15) is 9.59 Å². The monoisotopic (exact) mass is 1330 g/mol. The minimum Gasteiger partial charge on any atom is -0.496 e. The van der Waals surface area contributed by atoms with Gasteiger partial charge in [-0.3, -0.25) is 9.59 Å². The number of hydrogen-bond donors (Lipinski definition) is 0. The Balaban J connectivity index is 0.000000511. The molecule has 4 nitrogen and oxygen atoms in total. The van der Waals surface area contributed by atoms with Gasteiger partial charge in [-0.1, -0.05) is 212 Å². The van der Waals surface area contributed by atoms with E-state index in [1.165, 1.54) is 122 Å². The molecule has 0 N–H and O–H groups in total. The third kappa shape index (κ3) is 34.6. The molecule has 0 amide bonds. The predicted octanol–water partition coefficient (Wildman–Crippen LogP) is 29.1. The number of ether oxygens (including phenoxy) is 2. The van der Waals surface area contributed by atoms with Gasteiger partial charge in [0.05, 0.1) is 14.2 Å². The van der Waals surface area contributed by atoms with E-state index in [1.807, 2.05) is 12.1 Å². The van der Waals surface area contributed by atoms with E-state index in [4.69, 9.17) is 9.47 Å². The first-order valence-electron chi connectivity index (χ1n) is 37.5. The number of ketones is 2. The zero-order valence-electron chi connectivity index (χ0n) is 65.7. The highest BCUT2D eigenvalue weighted by molar-refractivity contribution is 6.26. The highest BCUT2D eigenvalue weighted by Crippen LogP contribution is 2.41. The van der Waals surface area contributed by atoms with Crippen LogP contribution in [0.25, 0.3) is 10.8 Å². The molecule has 0 heterocycles. The lowest BCUT2D eigenvalue weighted by atomic mass is 9.83. The van der Waals surface area contributed by atoms with Gasteiger partial charge in [0, 0.05) is 38.6 Å². The van der Waals surface area contributed by atoms with Gasteiger partial charge < -0.3 is 9.47 Å². The Morgan fingerprint density at radius 3 is 0.806 bits per heavy atom. The van der Waals surface area contributed by atoms with Crippen molar-refractivity contribution >= 4 is 22.3 Å². The van der Waals surface area contributed by atoms with Crippen molar-refractivity contribution in [2.24, 2.45) is 0 Å². The number of Topliss-reactive ketones (excluding diaryl/α,β-unsaturated/α-hetero) is 2. The second kappa shape index (κ2) is 48.7. The second-order valence-electron chi connectivity index (χ2n) is 29.1. The molecular formula is C94H134O4. The fourth-order valence-electron chi connectivity index (χ4n) is 12.5. The Morgan fingerprint density at radius 1 is 0.296 bits per heavy atom. The Morgan fingerprint density at radius 2 is 0.531 bits per heavy atom. The molecule has 4 rings (SSSR count). The average molecular weight is 1330 g/mol. The van der Waals surface area contributed by atoms with Crippen molar-refractivity contribution in [2.45, 2.75) is 292 Å². The zero-order chi connectivity index (χ0) is 72.4. The summed E-state index contributed by atoms with van der Waals surface area (Å²) in [4.78, 5) is 25.7. The van der Waals surface area contributed by atoms with Crippen molar-refractivity contribution < 1.29 is 19.1 Å². The SMILES string of the molecule is CC(C)=CCC/C(C)=C/CC/C(C)=C/CC/C(C)=C/CC/C(C)=C/CC/C(C)=C/CC/C(C)=C/CC1=C(C)C(=O)c2ccccc2C1=O.COc1c(C)c(C/C=C(\C)CC/C=C(\C)CC/C=C(\C)CC/C=C(\C)CC/C=C(\C)CC/C=C(\C)CCC=C(C)C)c(OC)c2ccccc12. The van der Waals surface area contributed by atoms with E-state index >= 15 is 0 Å². The quantitative estimate of drug-likeness (QED) is 0.0531. The molecule has 98 heavy (non-hydrogen) atoms. The number of rotatable bonds is 42. The van der Waals surface area contributed by atoms with Crippen molar-refractivity contribution in [1.29, 1.82) is 0 Å². The summed E-state index contributed by atoms with van der Waals surface area (Å²) in [7, 11) is 3.53. The summed E-state index contributed by atoms with van der Waals surface area (Å²) in [6.07, 6.45) is 61.8. The van der Waals surface area contributed by atoms with Crippen LogP contribution in [0.1, 0.15) is 310 Å². The molecule has 0 fully saturated rings. The van der Waals surface area contributed by atoms with Crippen molar-refractivity contribution in [2.75, 3.05) is 14.2 Å². The lowest BCUT2D eigenvalue weighted by Gasteiger charge is -2.18. The molecule has 0 spiro atoms. The van der Waals surface area contributed by atoms with Gasteiger partial charge in [-0.05, 0) is 297 Å². The van der Waals surface area contributed by atoms with Gasteiger partial charge in [0.15, 0.2) is 11.6 Å². The summed E-state index contributed by atoms with van der Waals surface area (Å²) in [6.45, 7) is 39.7. The summed E-state index contributed by atoms with van der Waals surface area (Å²) >= 11 is 0. The molecule has 0 unspecified atom stereocenters. The molecule has 0 radical (unpaired) electrons. The molecule has 4 heteroatoms. The maximum absolute atomic E-state index is 13.0. The van der Waals surface area contributed by atoms with Gasteiger partial charge >= 0.3 is 0 Å². The Hall–Kier alpha value is -7.04. The van der Waals surface area contributed by atoms with Crippen LogP contribution in [0.5, 0.6) is 11.5 Å². The lowest BCUT2D eigenvalue weighted by molar-refractivity contribution is 0.0973. The normalized spacial score (nSPS) is 14.5. The summed E-state index contributed by atoms with van der Waals surface area (Å²) in [5.74, 6) is 1.88. The molecule has 0 aliphatic heterocycles. The maximum atomic E-state index is 13.0. The predicted molar refractivity (Wildman–Crippen MR) is 433 cm³/mol. The number of carbonyl (C=O) groups excluding carboxylic acids is 2. The summed E-state index contributed by atoms with van der Waals surface area (Å²) in [6, 6.07) is 15.5. The lowest BCUT2D eigenvalue weighted by Crippen LogP contribution is -2.20. The van der Waals surface area contributed by atoms with Crippen LogP contribution in [0.2, 0.25) is 0 Å². The number of fused-ring (bicyclic) bond motifs is 2. The molecule has 534 valence electrons.